The molecule has 2 rings (SSSR count). The third kappa shape index (κ3) is 1.07. The molecule has 66 valence electrons. The summed E-state index contributed by atoms with van der Waals surface area (Å²) < 4.78 is 0. The smallest absolute Gasteiger partial charge is 0.334 e. The summed E-state index contributed by atoms with van der Waals surface area (Å²) in [7, 11) is 0. The van der Waals surface area contributed by atoms with E-state index in [0.29, 0.717) is 10.6 Å². The summed E-state index contributed by atoms with van der Waals surface area (Å²) >= 11 is 0. The van der Waals surface area contributed by atoms with E-state index in [1.807, 2.05) is 0 Å². The lowest BCUT2D eigenvalue weighted by Crippen LogP contribution is -2.25. The molecule has 0 fully saturated rings. The van der Waals surface area contributed by atoms with E-state index in [4.69, 9.17) is 5.11 Å². The van der Waals surface area contributed by atoms with Crippen LogP contribution < -0.4 is 10.6 Å². The zero-order valence-electron chi connectivity index (χ0n) is 6.69. The van der Waals surface area contributed by atoms with Crippen molar-refractivity contribution < 1.29 is 15.0 Å². The Balaban J connectivity index is 2.90. The van der Waals surface area contributed by atoms with Gasteiger partial charge in [-0.2, -0.15) is 0 Å². The summed E-state index contributed by atoms with van der Waals surface area (Å²) in [5, 5.41) is 19.1. The number of aromatic hydroxyl groups is 1. The average Bonchev–Trinajstić information content (AvgIpc) is 2.49. The van der Waals surface area contributed by atoms with Crippen molar-refractivity contribution in [2.75, 3.05) is 6.54 Å². The maximum absolute atomic E-state index is 10.7. The molecule has 1 aromatic rings. The second-order valence-corrected chi connectivity index (χ2v) is 2.77. The monoisotopic (exact) mass is 177 g/mol. The van der Waals surface area contributed by atoms with Crippen molar-refractivity contribution in [2.24, 2.45) is 4.99 Å². The third-order valence-electron chi connectivity index (χ3n) is 1.99. The van der Waals surface area contributed by atoms with Gasteiger partial charge in [0.1, 0.15) is 5.75 Å². The van der Waals surface area contributed by atoms with Gasteiger partial charge in [0.2, 0.25) is 0 Å². The standard InChI is InChI=1S/C9H7NO3/c11-7-3-1-2-6-8(7)5(4-10-6)9(12)13/h1-3,11H,4H2,(H,12,13). The molecular formula is C9H7NO3. The molecular weight excluding hydrogens is 170 g/mol. The Bertz CT molecular complexity index is 490. The molecule has 0 unspecified atom stereocenters. The van der Waals surface area contributed by atoms with Crippen molar-refractivity contribution >= 4 is 11.5 Å². The number of carbonyl (C=O) groups is 1. The van der Waals surface area contributed by atoms with E-state index in [9.17, 15) is 9.90 Å². The Morgan fingerprint density at radius 1 is 1.46 bits per heavy atom. The van der Waals surface area contributed by atoms with E-state index in [1.165, 1.54) is 6.07 Å². The highest BCUT2D eigenvalue weighted by Gasteiger charge is 2.15. The van der Waals surface area contributed by atoms with Crippen LogP contribution in [-0.4, -0.2) is 22.7 Å². The normalized spacial score (nSPS) is 13.7. The highest BCUT2D eigenvalue weighted by atomic mass is 16.4. The maximum Gasteiger partial charge on any atom is 0.334 e. The molecule has 0 aliphatic carbocycles. The first-order chi connectivity index (χ1) is 6.20. The van der Waals surface area contributed by atoms with Crippen LogP contribution in [0.5, 0.6) is 5.75 Å². The summed E-state index contributed by atoms with van der Waals surface area (Å²) in [6.45, 7) is 0.141. The van der Waals surface area contributed by atoms with E-state index >= 15 is 0 Å². The van der Waals surface area contributed by atoms with Crippen LogP contribution in [0, 0.1) is 0 Å². The van der Waals surface area contributed by atoms with Crippen LogP contribution in [0.1, 0.15) is 0 Å². The summed E-state index contributed by atoms with van der Waals surface area (Å²) in [5.74, 6) is -1.04. The maximum atomic E-state index is 10.7. The van der Waals surface area contributed by atoms with Gasteiger partial charge in [-0.25, -0.2) is 4.79 Å². The number of carboxylic acid groups (broad SMARTS) is 1. The molecule has 1 heterocycles. The largest absolute Gasteiger partial charge is 0.507 e. The summed E-state index contributed by atoms with van der Waals surface area (Å²) in [4.78, 5) is 14.7. The lowest BCUT2D eigenvalue weighted by atomic mass is 10.2. The molecule has 0 spiro atoms. The first kappa shape index (κ1) is 7.79. The quantitative estimate of drug-likeness (QED) is 0.593. The van der Waals surface area contributed by atoms with Crippen molar-refractivity contribution in [3.8, 4) is 5.75 Å². The molecule has 0 radical (unpaired) electrons. The zero-order chi connectivity index (χ0) is 9.42. The second-order valence-electron chi connectivity index (χ2n) is 2.77. The Morgan fingerprint density at radius 3 is 2.92 bits per heavy atom. The van der Waals surface area contributed by atoms with Crippen LogP contribution in [0.4, 0.5) is 0 Å². The van der Waals surface area contributed by atoms with Gasteiger partial charge in [-0.1, -0.05) is 6.07 Å². The van der Waals surface area contributed by atoms with Crippen LogP contribution in [0.25, 0.3) is 5.57 Å². The zero-order valence-corrected chi connectivity index (χ0v) is 6.69. The Morgan fingerprint density at radius 2 is 2.23 bits per heavy atom. The number of hydrogen-bond acceptors (Lipinski definition) is 3. The molecule has 0 saturated carbocycles. The topological polar surface area (TPSA) is 69.9 Å². The van der Waals surface area contributed by atoms with Crippen molar-refractivity contribution in [3.63, 3.8) is 0 Å². The molecule has 1 aromatic carbocycles. The first-order valence-electron chi connectivity index (χ1n) is 3.79. The number of fused-ring (bicyclic) bond motifs is 1. The van der Waals surface area contributed by atoms with Crippen molar-refractivity contribution in [1.29, 1.82) is 0 Å². The fraction of sp³-hybridized carbons (Fsp3) is 0.111. The van der Waals surface area contributed by atoms with Crippen molar-refractivity contribution in [1.82, 2.24) is 0 Å². The number of aliphatic carboxylic acids is 1. The molecule has 2 N–H and O–H groups in total. The Labute approximate surface area is 73.5 Å². The lowest BCUT2D eigenvalue weighted by Gasteiger charge is -1.93. The predicted octanol–water partition coefficient (Wildman–Crippen LogP) is -0.739. The minimum atomic E-state index is -1.02. The first-order valence-corrected chi connectivity index (χ1v) is 3.79. The molecule has 0 bridgehead atoms. The van der Waals surface area contributed by atoms with Crippen LogP contribution in [0.15, 0.2) is 23.2 Å². The van der Waals surface area contributed by atoms with Crippen molar-refractivity contribution in [3.05, 3.63) is 28.8 Å². The molecule has 0 aromatic heterocycles. The van der Waals surface area contributed by atoms with E-state index in [-0.39, 0.29) is 17.9 Å². The minimum absolute atomic E-state index is 0.0175. The van der Waals surface area contributed by atoms with Crippen LogP contribution in [0.3, 0.4) is 0 Å². The fourth-order valence-electron chi connectivity index (χ4n) is 1.39. The lowest BCUT2D eigenvalue weighted by molar-refractivity contribution is -0.130. The number of hydrogen-bond donors (Lipinski definition) is 2. The van der Waals surface area contributed by atoms with Gasteiger partial charge >= 0.3 is 5.97 Å². The van der Waals surface area contributed by atoms with E-state index in [2.05, 4.69) is 4.99 Å². The van der Waals surface area contributed by atoms with Gasteiger partial charge in [-0.05, 0) is 12.1 Å². The summed E-state index contributed by atoms with van der Waals surface area (Å²) in [5.41, 5.74) is 0.160. The van der Waals surface area contributed by atoms with E-state index in [1.54, 1.807) is 12.1 Å². The molecule has 0 atom stereocenters. The van der Waals surface area contributed by atoms with Crippen LogP contribution >= 0.6 is 0 Å². The molecule has 1 aliphatic heterocycles. The van der Waals surface area contributed by atoms with Gasteiger partial charge in [-0.15, -0.1) is 0 Å². The molecule has 0 amide bonds. The van der Waals surface area contributed by atoms with Gasteiger partial charge in [-0.3, -0.25) is 4.99 Å². The number of nitrogens with zero attached hydrogens (tertiary/aromatic N) is 1. The SMILES string of the molecule is O=C(O)C1=c2c(O)cccc2=NC1. The molecule has 13 heavy (non-hydrogen) atoms. The van der Waals surface area contributed by atoms with Gasteiger partial charge in [0.25, 0.3) is 0 Å². The number of phenolic OH excluding ortho intramolecular Hbond substituents is 1. The minimum Gasteiger partial charge on any atom is -0.507 e. The third-order valence-corrected chi connectivity index (χ3v) is 1.99. The summed E-state index contributed by atoms with van der Waals surface area (Å²) in [6.07, 6.45) is 0. The Hall–Kier alpha value is -1.84. The van der Waals surface area contributed by atoms with Crippen LogP contribution in [0.2, 0.25) is 0 Å². The molecule has 1 aliphatic rings. The fourth-order valence-corrected chi connectivity index (χ4v) is 1.39. The van der Waals surface area contributed by atoms with Crippen LogP contribution in [-0.2, 0) is 4.79 Å². The molecule has 4 heteroatoms. The Kier molecular flexibility index (Phi) is 1.55. The predicted molar refractivity (Wildman–Crippen MR) is 44.8 cm³/mol. The molecule has 4 nitrogen and oxygen atoms in total. The second kappa shape index (κ2) is 2.58. The molecule has 0 saturated heterocycles. The van der Waals surface area contributed by atoms with E-state index in [0.717, 1.165) is 0 Å². The van der Waals surface area contributed by atoms with Gasteiger partial charge in [0, 0.05) is 0 Å². The summed E-state index contributed by atoms with van der Waals surface area (Å²) in [6, 6.07) is 4.79. The van der Waals surface area contributed by atoms with Gasteiger partial charge in [0.15, 0.2) is 0 Å². The highest BCUT2D eigenvalue weighted by molar-refractivity contribution is 6.09. The number of rotatable bonds is 1. The average molecular weight is 177 g/mol. The number of benzene rings is 1. The van der Waals surface area contributed by atoms with Crippen molar-refractivity contribution in [2.45, 2.75) is 0 Å². The number of phenols is 1. The highest BCUT2D eigenvalue weighted by Crippen LogP contribution is 2.04. The van der Waals surface area contributed by atoms with E-state index < -0.39 is 5.97 Å². The van der Waals surface area contributed by atoms with Gasteiger partial charge < -0.3 is 10.2 Å². The number of carboxylic acids is 1. The van der Waals surface area contributed by atoms with Gasteiger partial charge in [0.05, 0.1) is 22.7 Å².